The van der Waals surface area contributed by atoms with E-state index in [1.165, 1.54) is 18.5 Å². The van der Waals surface area contributed by atoms with Gasteiger partial charge in [-0.05, 0) is 29.8 Å². The van der Waals surface area contributed by atoms with Crippen LogP contribution in [0.1, 0.15) is 5.56 Å². The van der Waals surface area contributed by atoms with Crippen LogP contribution in [0.3, 0.4) is 0 Å². The molecule has 3 aromatic rings. The second-order valence-corrected chi connectivity index (χ2v) is 6.00. The normalized spacial score (nSPS) is 10.4. The van der Waals surface area contributed by atoms with E-state index < -0.39 is 4.92 Å². The molecule has 0 saturated heterocycles. The Hall–Kier alpha value is -2.80. The Morgan fingerprint density at radius 3 is 2.17 bits per heavy atom. The van der Waals surface area contributed by atoms with Gasteiger partial charge in [-0.1, -0.05) is 28.1 Å². The Morgan fingerprint density at radius 1 is 0.958 bits per heavy atom. The summed E-state index contributed by atoms with van der Waals surface area (Å²) in [4.78, 5) is 20.6. The average Bonchev–Trinajstić information content (AvgIpc) is 2.62. The highest BCUT2D eigenvalue weighted by molar-refractivity contribution is 9.10. The van der Waals surface area contributed by atoms with Crippen molar-refractivity contribution in [1.29, 1.82) is 0 Å². The van der Waals surface area contributed by atoms with Crippen molar-refractivity contribution < 1.29 is 4.92 Å². The number of anilines is 2. The standard InChI is InChI=1S/C17H13BrN4O2/c18-14-3-1-13(2-4-14)11-21(17-9-19-12-20-10-17)15-5-7-16(8-6-15)22(23)24/h1-10,12H,11H2. The first kappa shape index (κ1) is 16.1. The van der Waals surface area contributed by atoms with Crippen LogP contribution >= 0.6 is 15.9 Å². The van der Waals surface area contributed by atoms with Gasteiger partial charge in [0.25, 0.3) is 5.69 Å². The zero-order valence-corrected chi connectivity index (χ0v) is 14.1. The van der Waals surface area contributed by atoms with Crippen LogP contribution in [0.4, 0.5) is 17.1 Å². The van der Waals surface area contributed by atoms with Gasteiger partial charge in [0.05, 0.1) is 23.0 Å². The maximum Gasteiger partial charge on any atom is 0.269 e. The van der Waals surface area contributed by atoms with Gasteiger partial charge in [-0.2, -0.15) is 0 Å². The van der Waals surface area contributed by atoms with Gasteiger partial charge in [0.2, 0.25) is 0 Å². The Labute approximate surface area is 147 Å². The molecule has 1 aromatic heterocycles. The fourth-order valence-corrected chi connectivity index (χ4v) is 2.55. The molecule has 6 nitrogen and oxygen atoms in total. The third kappa shape index (κ3) is 3.75. The Bertz CT molecular complexity index is 823. The van der Waals surface area contributed by atoms with Gasteiger partial charge in [-0.25, -0.2) is 9.97 Å². The van der Waals surface area contributed by atoms with E-state index in [1.54, 1.807) is 24.5 Å². The number of non-ortho nitro benzene ring substituents is 1. The van der Waals surface area contributed by atoms with Crippen LogP contribution in [-0.4, -0.2) is 14.9 Å². The molecule has 0 aliphatic carbocycles. The molecule has 0 N–H and O–H groups in total. The zero-order chi connectivity index (χ0) is 16.9. The number of nitrogens with zero attached hydrogens (tertiary/aromatic N) is 4. The van der Waals surface area contributed by atoms with Gasteiger partial charge in [0, 0.05) is 28.8 Å². The highest BCUT2D eigenvalue weighted by Gasteiger charge is 2.13. The number of rotatable bonds is 5. The van der Waals surface area contributed by atoms with Crippen LogP contribution in [0.15, 0.2) is 71.7 Å². The molecular weight excluding hydrogens is 372 g/mol. The first-order valence-corrected chi connectivity index (χ1v) is 7.94. The quantitative estimate of drug-likeness (QED) is 0.478. The predicted octanol–water partition coefficient (Wildman–Crippen LogP) is 4.49. The summed E-state index contributed by atoms with van der Waals surface area (Å²) >= 11 is 3.43. The lowest BCUT2D eigenvalue weighted by Gasteiger charge is -2.24. The molecular formula is C17H13BrN4O2. The molecule has 120 valence electrons. The number of nitro benzene ring substituents is 1. The van der Waals surface area contributed by atoms with Crippen LogP contribution in [0.25, 0.3) is 0 Å². The third-order valence-electron chi connectivity index (χ3n) is 3.48. The van der Waals surface area contributed by atoms with E-state index in [9.17, 15) is 10.1 Å². The number of halogens is 1. The van der Waals surface area contributed by atoms with E-state index in [0.29, 0.717) is 6.54 Å². The third-order valence-corrected chi connectivity index (χ3v) is 4.01. The number of aromatic nitrogens is 2. The topological polar surface area (TPSA) is 72.2 Å². The Balaban J connectivity index is 1.95. The summed E-state index contributed by atoms with van der Waals surface area (Å²) in [5.41, 5.74) is 2.81. The van der Waals surface area contributed by atoms with E-state index in [2.05, 4.69) is 25.9 Å². The van der Waals surface area contributed by atoms with Crippen LogP contribution in [-0.2, 0) is 6.54 Å². The molecule has 0 aliphatic heterocycles. The molecule has 0 spiro atoms. The van der Waals surface area contributed by atoms with Gasteiger partial charge < -0.3 is 4.90 Å². The van der Waals surface area contributed by atoms with Crippen molar-refractivity contribution >= 4 is 33.0 Å². The highest BCUT2D eigenvalue weighted by atomic mass is 79.9. The summed E-state index contributed by atoms with van der Waals surface area (Å²) < 4.78 is 1.01. The zero-order valence-electron chi connectivity index (χ0n) is 12.5. The summed E-state index contributed by atoms with van der Waals surface area (Å²) in [6.45, 7) is 0.596. The SMILES string of the molecule is O=[N+]([O-])c1ccc(N(Cc2ccc(Br)cc2)c2cncnc2)cc1. The summed E-state index contributed by atoms with van der Waals surface area (Å²) in [6.07, 6.45) is 4.90. The second-order valence-electron chi connectivity index (χ2n) is 5.08. The molecule has 0 fully saturated rings. The van der Waals surface area contributed by atoms with Crippen molar-refractivity contribution in [3.63, 3.8) is 0 Å². The maximum absolute atomic E-state index is 10.8. The highest BCUT2D eigenvalue weighted by Crippen LogP contribution is 2.28. The van der Waals surface area contributed by atoms with E-state index in [1.807, 2.05) is 29.2 Å². The molecule has 7 heteroatoms. The smallest absolute Gasteiger partial charge is 0.269 e. The van der Waals surface area contributed by atoms with Crippen LogP contribution in [0.2, 0.25) is 0 Å². The van der Waals surface area contributed by atoms with Gasteiger partial charge in [0.15, 0.2) is 0 Å². The van der Waals surface area contributed by atoms with E-state index in [0.717, 1.165) is 21.4 Å². The van der Waals surface area contributed by atoms with E-state index in [4.69, 9.17) is 0 Å². The van der Waals surface area contributed by atoms with Gasteiger partial charge in [0.1, 0.15) is 6.33 Å². The molecule has 2 aromatic carbocycles. The second kappa shape index (κ2) is 7.18. The van der Waals surface area contributed by atoms with Crippen molar-refractivity contribution in [3.05, 3.63) is 87.4 Å². The van der Waals surface area contributed by atoms with Gasteiger partial charge in [-0.3, -0.25) is 10.1 Å². The van der Waals surface area contributed by atoms with Gasteiger partial charge in [-0.15, -0.1) is 0 Å². The molecule has 1 heterocycles. The molecule has 0 amide bonds. The van der Waals surface area contributed by atoms with Crippen molar-refractivity contribution in [2.24, 2.45) is 0 Å². The van der Waals surface area contributed by atoms with Crippen LogP contribution in [0, 0.1) is 10.1 Å². The summed E-state index contributed by atoms with van der Waals surface area (Å²) in [5, 5.41) is 10.8. The number of hydrogen-bond acceptors (Lipinski definition) is 5. The minimum absolute atomic E-state index is 0.0617. The molecule has 0 bridgehead atoms. The molecule has 0 unspecified atom stereocenters. The Morgan fingerprint density at radius 2 is 1.58 bits per heavy atom. The lowest BCUT2D eigenvalue weighted by Crippen LogP contribution is -2.16. The first-order chi connectivity index (χ1) is 11.6. The maximum atomic E-state index is 10.8. The fourth-order valence-electron chi connectivity index (χ4n) is 2.29. The monoisotopic (exact) mass is 384 g/mol. The van der Waals surface area contributed by atoms with E-state index >= 15 is 0 Å². The molecule has 3 rings (SSSR count). The minimum Gasteiger partial charge on any atom is -0.334 e. The fraction of sp³-hybridized carbons (Fsp3) is 0.0588. The van der Waals surface area contributed by atoms with E-state index in [-0.39, 0.29) is 5.69 Å². The molecule has 0 radical (unpaired) electrons. The molecule has 24 heavy (non-hydrogen) atoms. The lowest BCUT2D eigenvalue weighted by molar-refractivity contribution is -0.384. The van der Waals surface area contributed by atoms with Crippen molar-refractivity contribution in [3.8, 4) is 0 Å². The number of nitro groups is 1. The number of benzene rings is 2. The molecule has 0 aliphatic rings. The van der Waals surface area contributed by atoms with Crippen molar-refractivity contribution in [1.82, 2.24) is 9.97 Å². The molecule has 0 atom stereocenters. The molecule has 0 saturated carbocycles. The first-order valence-electron chi connectivity index (χ1n) is 7.15. The Kier molecular flexibility index (Phi) is 4.81. The largest absolute Gasteiger partial charge is 0.334 e. The van der Waals surface area contributed by atoms with Crippen LogP contribution < -0.4 is 4.90 Å². The minimum atomic E-state index is -0.408. The van der Waals surface area contributed by atoms with Crippen LogP contribution in [0.5, 0.6) is 0 Å². The lowest BCUT2D eigenvalue weighted by atomic mass is 10.2. The summed E-state index contributed by atoms with van der Waals surface area (Å²) in [5.74, 6) is 0. The van der Waals surface area contributed by atoms with Crippen molar-refractivity contribution in [2.75, 3.05) is 4.90 Å². The van der Waals surface area contributed by atoms with Gasteiger partial charge >= 0.3 is 0 Å². The predicted molar refractivity (Wildman–Crippen MR) is 95.1 cm³/mol. The average molecular weight is 385 g/mol. The summed E-state index contributed by atoms with van der Waals surface area (Å²) in [6, 6.07) is 14.4. The summed E-state index contributed by atoms with van der Waals surface area (Å²) in [7, 11) is 0. The number of hydrogen-bond donors (Lipinski definition) is 0. The van der Waals surface area contributed by atoms with Crippen molar-refractivity contribution in [2.45, 2.75) is 6.54 Å².